The van der Waals surface area contributed by atoms with E-state index in [1.807, 2.05) is 0 Å². The Bertz CT molecular complexity index is 1300. The van der Waals surface area contributed by atoms with Crippen molar-refractivity contribution in [3.63, 3.8) is 0 Å². The molecule has 3 aliphatic rings. The minimum atomic E-state index is -1.56. The number of likely N-dealkylation sites (tertiary alicyclic amines) is 1. The van der Waals surface area contributed by atoms with Gasteiger partial charge in [-0.2, -0.15) is 0 Å². The average molecular weight is 880 g/mol. The Labute approximate surface area is 357 Å². The highest BCUT2D eigenvalue weighted by molar-refractivity contribution is 5.89. The molecule has 61 heavy (non-hydrogen) atoms. The van der Waals surface area contributed by atoms with Gasteiger partial charge in [0.05, 0.1) is 31.9 Å². The molecule has 3 amide bonds. The van der Waals surface area contributed by atoms with E-state index in [-0.39, 0.29) is 68.6 Å². The Balaban J connectivity index is 1.36. The van der Waals surface area contributed by atoms with Crippen LogP contribution in [-0.2, 0) is 38.1 Å². The molecule has 354 valence electrons. The van der Waals surface area contributed by atoms with Gasteiger partial charge in [0, 0.05) is 52.0 Å². The summed E-state index contributed by atoms with van der Waals surface area (Å²) in [6.45, 7) is 2.07. The van der Waals surface area contributed by atoms with E-state index in [4.69, 9.17) is 18.9 Å². The molecule has 13 atom stereocenters. The van der Waals surface area contributed by atoms with Crippen molar-refractivity contribution in [2.45, 2.75) is 183 Å². The SMILES string of the molecule is C[C@@H]1C[C@@H](CO)N(C(=O)CCCCCCC(=O)[C@H](CCCCNC(=O)CCCCOC2OC(CO)C(O)C(O)C2O)NC(=O)CCCCOC2OC(CO)C(O)C(O)C2O)C1. The summed E-state index contributed by atoms with van der Waals surface area (Å²) in [6, 6.07) is -0.853. The summed E-state index contributed by atoms with van der Waals surface area (Å²) in [5.74, 6) is -0.222. The number of aliphatic hydroxyl groups is 9. The molecule has 3 fully saturated rings. The number of ether oxygens (including phenoxy) is 4. The molecular weight excluding hydrogens is 806 g/mol. The number of rotatable bonds is 29. The van der Waals surface area contributed by atoms with Crippen molar-refractivity contribution < 1.29 is 84.1 Å². The molecule has 0 aromatic carbocycles. The predicted molar refractivity (Wildman–Crippen MR) is 215 cm³/mol. The molecule has 20 heteroatoms. The number of unbranched alkanes of at least 4 members (excludes halogenated alkanes) is 6. The van der Waals surface area contributed by atoms with E-state index in [1.54, 1.807) is 4.90 Å². The monoisotopic (exact) mass is 879 g/mol. The van der Waals surface area contributed by atoms with Crippen molar-refractivity contribution in [2.75, 3.05) is 46.1 Å². The van der Waals surface area contributed by atoms with Crippen LogP contribution in [0.25, 0.3) is 0 Å². The number of nitrogens with zero attached hydrogens (tertiary/aromatic N) is 1. The lowest BCUT2D eigenvalue weighted by Crippen LogP contribution is -2.59. The van der Waals surface area contributed by atoms with E-state index < -0.39 is 80.7 Å². The summed E-state index contributed by atoms with van der Waals surface area (Å²) in [7, 11) is 0. The molecule has 0 bridgehead atoms. The molecule has 11 N–H and O–H groups in total. The van der Waals surface area contributed by atoms with Crippen LogP contribution in [0.15, 0.2) is 0 Å². The Morgan fingerprint density at radius 1 is 0.623 bits per heavy atom. The first-order valence-electron chi connectivity index (χ1n) is 22.1. The quantitative estimate of drug-likeness (QED) is 0.0358. The first-order valence-corrected chi connectivity index (χ1v) is 22.1. The van der Waals surface area contributed by atoms with Gasteiger partial charge >= 0.3 is 0 Å². The van der Waals surface area contributed by atoms with Crippen molar-refractivity contribution >= 4 is 23.5 Å². The lowest BCUT2D eigenvalue weighted by Gasteiger charge is -2.39. The predicted octanol–water partition coefficient (Wildman–Crippen LogP) is -2.13. The third-order valence-corrected chi connectivity index (χ3v) is 11.5. The van der Waals surface area contributed by atoms with Crippen LogP contribution in [0.1, 0.15) is 110 Å². The number of carbonyl (C=O) groups excluding carboxylic acids is 4. The Kier molecular flexibility index (Phi) is 24.6. The standard InChI is InChI=1S/C41H73N3O17/c1-25-20-26(22-45)44(21-25)33(51)16-5-3-2-4-13-28(48)27(43-32(50)15-8-11-19-59-41-39(57)37(55)35(53)30(24-47)61-41)12-6-9-17-42-31(49)14-7-10-18-58-40-38(56)36(54)34(52)29(23-46)60-40/h25-27,29-30,34-41,45-47,52-57H,2-24H2,1H3,(H,42,49)(H,43,50)/t25-,26+,27+,29?,30?,34?,35?,36?,37?,38?,39?,40?,41?/m1/s1. The van der Waals surface area contributed by atoms with Crippen molar-refractivity contribution in [3.8, 4) is 0 Å². The number of Topliss-reactive ketones (excluding diaryl/α,β-unsaturated/α-hetero) is 1. The number of nitrogens with one attached hydrogen (secondary N) is 2. The van der Waals surface area contributed by atoms with Crippen LogP contribution in [0.2, 0.25) is 0 Å². The highest BCUT2D eigenvalue weighted by Crippen LogP contribution is 2.25. The van der Waals surface area contributed by atoms with E-state index in [0.29, 0.717) is 83.2 Å². The van der Waals surface area contributed by atoms with Crippen molar-refractivity contribution in [1.29, 1.82) is 0 Å². The first kappa shape index (κ1) is 52.9. The van der Waals surface area contributed by atoms with Gasteiger partial charge in [-0.3, -0.25) is 19.2 Å². The zero-order valence-electron chi connectivity index (χ0n) is 35.5. The molecule has 3 heterocycles. The number of amides is 3. The van der Waals surface area contributed by atoms with Crippen molar-refractivity contribution in [2.24, 2.45) is 5.92 Å². The highest BCUT2D eigenvalue weighted by atomic mass is 16.7. The average Bonchev–Trinajstić information content (AvgIpc) is 3.64. The van der Waals surface area contributed by atoms with Crippen LogP contribution in [0.4, 0.5) is 0 Å². The molecule has 0 spiro atoms. The van der Waals surface area contributed by atoms with E-state index in [1.165, 1.54) is 0 Å². The third kappa shape index (κ3) is 17.6. The number of hydrogen-bond donors (Lipinski definition) is 11. The summed E-state index contributed by atoms with van der Waals surface area (Å²) < 4.78 is 21.6. The summed E-state index contributed by atoms with van der Waals surface area (Å²) in [4.78, 5) is 53.2. The molecule has 3 saturated heterocycles. The van der Waals surface area contributed by atoms with Crippen LogP contribution in [0.3, 0.4) is 0 Å². The van der Waals surface area contributed by atoms with E-state index in [0.717, 1.165) is 19.3 Å². The van der Waals surface area contributed by atoms with Gasteiger partial charge in [-0.15, -0.1) is 0 Å². The smallest absolute Gasteiger partial charge is 0.222 e. The second kappa shape index (κ2) is 28.4. The minimum absolute atomic E-state index is 0.0394. The topological polar surface area (TPSA) is 315 Å². The van der Waals surface area contributed by atoms with E-state index >= 15 is 0 Å². The molecule has 0 radical (unpaired) electrons. The first-order chi connectivity index (χ1) is 29.2. The van der Waals surface area contributed by atoms with Gasteiger partial charge in [-0.25, -0.2) is 0 Å². The number of hydrogen-bond acceptors (Lipinski definition) is 17. The maximum absolute atomic E-state index is 13.4. The van der Waals surface area contributed by atoms with Crippen LogP contribution in [0, 0.1) is 5.92 Å². The fourth-order valence-electron chi connectivity index (χ4n) is 7.83. The highest BCUT2D eigenvalue weighted by Gasteiger charge is 2.45. The van der Waals surface area contributed by atoms with E-state index in [2.05, 4.69) is 17.6 Å². The fraction of sp³-hybridized carbons (Fsp3) is 0.902. The van der Waals surface area contributed by atoms with Crippen LogP contribution >= 0.6 is 0 Å². The summed E-state index contributed by atoms with van der Waals surface area (Å²) >= 11 is 0. The minimum Gasteiger partial charge on any atom is -0.394 e. The zero-order valence-corrected chi connectivity index (χ0v) is 35.5. The third-order valence-electron chi connectivity index (χ3n) is 11.5. The number of carbonyl (C=O) groups is 4. The Morgan fingerprint density at radius 2 is 1.15 bits per heavy atom. The van der Waals surface area contributed by atoms with Gasteiger partial charge in [0.1, 0.15) is 48.8 Å². The Hall–Kier alpha value is -2.44. The summed E-state index contributed by atoms with van der Waals surface area (Å²) in [6.07, 6.45) is -6.12. The normalized spacial score (nSPS) is 30.9. The molecule has 0 aromatic rings. The molecule has 20 nitrogen and oxygen atoms in total. The van der Waals surface area contributed by atoms with Crippen molar-refractivity contribution in [1.82, 2.24) is 15.5 Å². The number of aliphatic hydroxyl groups excluding tert-OH is 9. The maximum atomic E-state index is 13.4. The second-order valence-corrected chi connectivity index (χ2v) is 16.6. The molecule has 0 saturated carbocycles. The van der Waals surface area contributed by atoms with E-state index in [9.17, 15) is 65.1 Å². The zero-order chi connectivity index (χ0) is 44.9. The summed E-state index contributed by atoms with van der Waals surface area (Å²) in [5, 5.41) is 93.9. The lowest BCUT2D eigenvalue weighted by atomic mass is 9.99. The van der Waals surface area contributed by atoms with Crippen LogP contribution in [-0.4, -0.2) is 194 Å². The van der Waals surface area contributed by atoms with Gasteiger partial charge in [-0.1, -0.05) is 19.8 Å². The van der Waals surface area contributed by atoms with Gasteiger partial charge in [0.25, 0.3) is 0 Å². The van der Waals surface area contributed by atoms with Crippen LogP contribution in [0.5, 0.6) is 0 Å². The van der Waals surface area contributed by atoms with Gasteiger partial charge in [0.15, 0.2) is 18.4 Å². The van der Waals surface area contributed by atoms with Gasteiger partial charge in [0.2, 0.25) is 17.7 Å². The Morgan fingerprint density at radius 3 is 1.69 bits per heavy atom. The second-order valence-electron chi connectivity index (χ2n) is 16.6. The largest absolute Gasteiger partial charge is 0.394 e. The fourth-order valence-corrected chi connectivity index (χ4v) is 7.83. The molecule has 3 aliphatic heterocycles. The van der Waals surface area contributed by atoms with Gasteiger partial charge in [-0.05, 0) is 70.1 Å². The molecule has 10 unspecified atom stereocenters. The molecule has 3 rings (SSSR count). The van der Waals surface area contributed by atoms with Crippen molar-refractivity contribution in [3.05, 3.63) is 0 Å². The molecule has 0 aromatic heterocycles. The molecular formula is C41H73N3O17. The summed E-state index contributed by atoms with van der Waals surface area (Å²) in [5.41, 5.74) is 0. The maximum Gasteiger partial charge on any atom is 0.222 e. The van der Waals surface area contributed by atoms with Gasteiger partial charge < -0.3 is 80.4 Å². The molecule has 0 aliphatic carbocycles. The lowest BCUT2D eigenvalue weighted by molar-refractivity contribution is -0.301. The van der Waals surface area contributed by atoms with Crippen LogP contribution < -0.4 is 10.6 Å². The number of ketones is 1.